The highest BCUT2D eigenvalue weighted by Gasteiger charge is 2.25. The average Bonchev–Trinajstić information content (AvgIpc) is 2.43. The van der Waals surface area contributed by atoms with Gasteiger partial charge in [0.2, 0.25) is 0 Å². The molecule has 0 aromatic heterocycles. The van der Waals surface area contributed by atoms with E-state index in [0.717, 1.165) is 17.5 Å². The zero-order valence-electron chi connectivity index (χ0n) is 12.1. The predicted octanol–water partition coefficient (Wildman–Crippen LogP) is 3.28. The molecule has 0 aliphatic heterocycles. The molecule has 3 heteroatoms. The molecule has 2 rings (SSSR count). The van der Waals surface area contributed by atoms with Crippen LogP contribution < -0.4 is 10.6 Å². The molecule has 0 heterocycles. The summed E-state index contributed by atoms with van der Waals surface area (Å²) in [5.74, 6) is 1.49. The summed E-state index contributed by atoms with van der Waals surface area (Å²) in [4.78, 5) is 11.5. The molecule has 1 aromatic rings. The molecule has 0 bridgehead atoms. The van der Waals surface area contributed by atoms with Gasteiger partial charge in [-0.1, -0.05) is 20.3 Å². The summed E-state index contributed by atoms with van der Waals surface area (Å²) in [6, 6.07) is 8.29. The number of hydrogen-bond donors (Lipinski definition) is 2. The van der Waals surface area contributed by atoms with Crippen molar-refractivity contribution in [1.82, 2.24) is 5.32 Å². The summed E-state index contributed by atoms with van der Waals surface area (Å²) in [7, 11) is 1.65. The van der Waals surface area contributed by atoms with E-state index < -0.39 is 0 Å². The normalized spacial score (nSPS) is 26.8. The first-order valence-corrected chi connectivity index (χ1v) is 7.19. The van der Waals surface area contributed by atoms with Crippen molar-refractivity contribution >= 4 is 11.6 Å². The van der Waals surface area contributed by atoms with Gasteiger partial charge in [0.25, 0.3) is 5.91 Å². The van der Waals surface area contributed by atoms with Gasteiger partial charge in [0.15, 0.2) is 0 Å². The molecule has 1 saturated carbocycles. The average molecular weight is 260 g/mol. The van der Waals surface area contributed by atoms with Gasteiger partial charge in [-0.05, 0) is 48.9 Å². The van der Waals surface area contributed by atoms with Gasteiger partial charge in [0, 0.05) is 24.3 Å². The van der Waals surface area contributed by atoms with Gasteiger partial charge >= 0.3 is 0 Å². The summed E-state index contributed by atoms with van der Waals surface area (Å²) < 4.78 is 0. The Balaban J connectivity index is 2.00. The van der Waals surface area contributed by atoms with E-state index in [4.69, 9.17) is 0 Å². The summed E-state index contributed by atoms with van der Waals surface area (Å²) in [6.45, 7) is 4.65. The number of rotatable bonds is 3. The van der Waals surface area contributed by atoms with Crippen LogP contribution in [-0.2, 0) is 0 Å². The van der Waals surface area contributed by atoms with Crippen molar-refractivity contribution in [1.29, 1.82) is 0 Å². The van der Waals surface area contributed by atoms with Gasteiger partial charge in [-0.3, -0.25) is 4.79 Å². The van der Waals surface area contributed by atoms with E-state index in [-0.39, 0.29) is 5.91 Å². The molecule has 19 heavy (non-hydrogen) atoms. The smallest absolute Gasteiger partial charge is 0.251 e. The lowest BCUT2D eigenvalue weighted by molar-refractivity contribution is 0.0963. The Kier molecular flexibility index (Phi) is 4.46. The van der Waals surface area contributed by atoms with Crippen LogP contribution in [0.5, 0.6) is 0 Å². The van der Waals surface area contributed by atoms with Crippen LogP contribution in [0.25, 0.3) is 0 Å². The standard InChI is InChI=1S/C16H24N2O/c1-11-4-5-12(2)15(10-11)18-14-8-6-13(7-9-14)16(19)17-3/h6-9,11-12,15,18H,4-5,10H2,1-3H3,(H,17,19). The third-order valence-electron chi connectivity index (χ3n) is 4.18. The highest BCUT2D eigenvalue weighted by Crippen LogP contribution is 2.30. The Hall–Kier alpha value is -1.51. The van der Waals surface area contributed by atoms with E-state index in [1.165, 1.54) is 19.3 Å². The quantitative estimate of drug-likeness (QED) is 0.875. The minimum absolute atomic E-state index is 0.0359. The third-order valence-corrected chi connectivity index (χ3v) is 4.18. The summed E-state index contributed by atoms with van der Waals surface area (Å²) in [5.41, 5.74) is 1.82. The van der Waals surface area contributed by atoms with Crippen LogP contribution in [0.4, 0.5) is 5.69 Å². The fraction of sp³-hybridized carbons (Fsp3) is 0.562. The zero-order chi connectivity index (χ0) is 13.8. The molecule has 1 aromatic carbocycles. The highest BCUT2D eigenvalue weighted by molar-refractivity contribution is 5.94. The van der Waals surface area contributed by atoms with Gasteiger partial charge in [0.05, 0.1) is 0 Å². The number of amides is 1. The lowest BCUT2D eigenvalue weighted by atomic mass is 9.80. The van der Waals surface area contributed by atoms with Gasteiger partial charge in [-0.15, -0.1) is 0 Å². The number of carbonyl (C=O) groups excluding carboxylic acids is 1. The van der Waals surface area contributed by atoms with Crippen molar-refractivity contribution in [3.8, 4) is 0 Å². The second-order valence-electron chi connectivity index (χ2n) is 5.80. The van der Waals surface area contributed by atoms with Crippen molar-refractivity contribution in [3.05, 3.63) is 29.8 Å². The molecule has 0 saturated heterocycles. The Morgan fingerprint density at radius 3 is 2.47 bits per heavy atom. The van der Waals surface area contributed by atoms with Crippen molar-refractivity contribution in [2.45, 2.75) is 39.2 Å². The molecule has 3 nitrogen and oxygen atoms in total. The second kappa shape index (κ2) is 6.09. The predicted molar refractivity (Wildman–Crippen MR) is 79.4 cm³/mol. The van der Waals surface area contributed by atoms with Crippen LogP contribution in [0.2, 0.25) is 0 Å². The third kappa shape index (κ3) is 3.49. The summed E-state index contributed by atoms with van der Waals surface area (Å²) in [6.07, 6.45) is 3.88. The van der Waals surface area contributed by atoms with E-state index in [1.54, 1.807) is 7.05 Å². The molecule has 1 amide bonds. The molecule has 0 spiro atoms. The first-order valence-electron chi connectivity index (χ1n) is 7.19. The van der Waals surface area contributed by atoms with Crippen LogP contribution >= 0.6 is 0 Å². The number of carbonyl (C=O) groups is 1. The Bertz CT molecular complexity index is 427. The van der Waals surface area contributed by atoms with E-state index in [0.29, 0.717) is 11.6 Å². The van der Waals surface area contributed by atoms with Crippen LogP contribution in [-0.4, -0.2) is 19.0 Å². The van der Waals surface area contributed by atoms with E-state index in [9.17, 15) is 4.79 Å². The number of nitrogens with one attached hydrogen (secondary N) is 2. The molecule has 1 fully saturated rings. The molecule has 1 aliphatic rings. The van der Waals surface area contributed by atoms with Gasteiger partial charge < -0.3 is 10.6 Å². The van der Waals surface area contributed by atoms with Crippen LogP contribution in [0.15, 0.2) is 24.3 Å². The number of anilines is 1. The van der Waals surface area contributed by atoms with Gasteiger partial charge in [-0.25, -0.2) is 0 Å². The van der Waals surface area contributed by atoms with Crippen LogP contribution in [0.1, 0.15) is 43.5 Å². The fourth-order valence-electron chi connectivity index (χ4n) is 2.81. The van der Waals surface area contributed by atoms with Gasteiger partial charge in [0.1, 0.15) is 0 Å². The molecular weight excluding hydrogens is 236 g/mol. The molecule has 3 unspecified atom stereocenters. The maximum atomic E-state index is 11.5. The Morgan fingerprint density at radius 1 is 1.16 bits per heavy atom. The molecule has 1 aliphatic carbocycles. The minimum Gasteiger partial charge on any atom is -0.382 e. The van der Waals surface area contributed by atoms with E-state index in [1.807, 2.05) is 24.3 Å². The maximum Gasteiger partial charge on any atom is 0.251 e. The SMILES string of the molecule is CNC(=O)c1ccc(NC2CC(C)CCC2C)cc1. The fourth-order valence-corrected chi connectivity index (χ4v) is 2.81. The summed E-state index contributed by atoms with van der Waals surface area (Å²) >= 11 is 0. The molecular formula is C16H24N2O. The van der Waals surface area contributed by atoms with Crippen molar-refractivity contribution in [2.24, 2.45) is 11.8 Å². The lowest BCUT2D eigenvalue weighted by Crippen LogP contribution is -2.33. The first-order chi connectivity index (χ1) is 9.10. The van der Waals surface area contributed by atoms with Crippen LogP contribution in [0, 0.1) is 11.8 Å². The monoisotopic (exact) mass is 260 g/mol. The molecule has 104 valence electrons. The topological polar surface area (TPSA) is 41.1 Å². The number of benzene rings is 1. The van der Waals surface area contributed by atoms with Crippen molar-refractivity contribution < 1.29 is 4.79 Å². The van der Waals surface area contributed by atoms with Crippen molar-refractivity contribution in [3.63, 3.8) is 0 Å². The minimum atomic E-state index is -0.0359. The largest absolute Gasteiger partial charge is 0.382 e. The zero-order valence-corrected chi connectivity index (χ0v) is 12.1. The lowest BCUT2D eigenvalue weighted by Gasteiger charge is -2.34. The van der Waals surface area contributed by atoms with E-state index in [2.05, 4.69) is 24.5 Å². The maximum absolute atomic E-state index is 11.5. The summed E-state index contributed by atoms with van der Waals surface area (Å²) in [5, 5.41) is 6.25. The first kappa shape index (κ1) is 13.9. The van der Waals surface area contributed by atoms with Crippen LogP contribution in [0.3, 0.4) is 0 Å². The Morgan fingerprint density at radius 2 is 1.84 bits per heavy atom. The number of hydrogen-bond acceptors (Lipinski definition) is 2. The van der Waals surface area contributed by atoms with E-state index >= 15 is 0 Å². The molecule has 0 radical (unpaired) electrons. The van der Waals surface area contributed by atoms with Gasteiger partial charge in [-0.2, -0.15) is 0 Å². The van der Waals surface area contributed by atoms with Crippen molar-refractivity contribution in [2.75, 3.05) is 12.4 Å². The highest BCUT2D eigenvalue weighted by atomic mass is 16.1. The second-order valence-corrected chi connectivity index (χ2v) is 5.80. The molecule has 3 atom stereocenters. The molecule has 2 N–H and O–H groups in total. The Labute approximate surface area is 115 Å².